The van der Waals surface area contributed by atoms with Gasteiger partial charge < -0.3 is 15.5 Å². The summed E-state index contributed by atoms with van der Waals surface area (Å²) in [5.74, 6) is 0.483. The van der Waals surface area contributed by atoms with Gasteiger partial charge in [0.25, 0.3) is 0 Å². The number of aryl methyl sites for hydroxylation is 1. The van der Waals surface area contributed by atoms with Crippen molar-refractivity contribution in [2.45, 2.75) is 25.7 Å². The number of rotatable bonds is 1. The average Bonchev–Trinajstić information content (AvgIpc) is 2.25. The third-order valence-corrected chi connectivity index (χ3v) is 3.14. The predicted octanol–water partition coefficient (Wildman–Crippen LogP) is 1.87. The van der Waals surface area contributed by atoms with Crippen LogP contribution in [-0.2, 0) is 0 Å². The standard InChI is InChI=1S/C12H17NO2/c1-8-6-11(14)12(15)7-10(8)9-2-4-13-5-3-9/h6-7,9,13-15H,2-5H2,1H3. The Kier molecular flexibility index (Phi) is 2.82. The summed E-state index contributed by atoms with van der Waals surface area (Å²) >= 11 is 0. The Morgan fingerprint density at radius 2 is 1.73 bits per heavy atom. The maximum atomic E-state index is 9.49. The SMILES string of the molecule is Cc1cc(O)c(O)cc1C1CCNCC1. The number of aromatic hydroxyl groups is 2. The molecule has 1 saturated heterocycles. The molecule has 0 saturated carbocycles. The van der Waals surface area contributed by atoms with E-state index in [0.717, 1.165) is 31.5 Å². The van der Waals surface area contributed by atoms with E-state index < -0.39 is 0 Å². The molecule has 82 valence electrons. The summed E-state index contributed by atoms with van der Waals surface area (Å²) in [5, 5.41) is 22.2. The Morgan fingerprint density at radius 3 is 2.40 bits per heavy atom. The molecule has 0 amide bonds. The van der Waals surface area contributed by atoms with Crippen LogP contribution in [0, 0.1) is 6.92 Å². The molecule has 0 spiro atoms. The van der Waals surface area contributed by atoms with E-state index in [1.54, 1.807) is 12.1 Å². The third kappa shape index (κ3) is 2.07. The fourth-order valence-corrected chi connectivity index (χ4v) is 2.27. The summed E-state index contributed by atoms with van der Waals surface area (Å²) in [6.45, 7) is 4.05. The lowest BCUT2D eigenvalue weighted by molar-refractivity contribution is 0.399. The number of hydrogen-bond donors (Lipinski definition) is 3. The molecule has 1 aliphatic heterocycles. The van der Waals surface area contributed by atoms with Crippen LogP contribution >= 0.6 is 0 Å². The average molecular weight is 207 g/mol. The highest BCUT2D eigenvalue weighted by Crippen LogP contribution is 2.35. The van der Waals surface area contributed by atoms with Crippen LogP contribution in [0.4, 0.5) is 0 Å². The summed E-state index contributed by atoms with van der Waals surface area (Å²) in [5.41, 5.74) is 2.24. The lowest BCUT2D eigenvalue weighted by atomic mass is 9.87. The van der Waals surface area contributed by atoms with Gasteiger partial charge in [-0.1, -0.05) is 0 Å². The topological polar surface area (TPSA) is 52.5 Å². The zero-order valence-corrected chi connectivity index (χ0v) is 8.95. The van der Waals surface area contributed by atoms with Crippen LogP contribution in [0.25, 0.3) is 0 Å². The predicted molar refractivity (Wildman–Crippen MR) is 59.4 cm³/mol. The van der Waals surface area contributed by atoms with Crippen molar-refractivity contribution >= 4 is 0 Å². The Hall–Kier alpha value is -1.22. The van der Waals surface area contributed by atoms with E-state index in [4.69, 9.17) is 0 Å². The molecule has 1 aromatic rings. The molecule has 15 heavy (non-hydrogen) atoms. The van der Waals surface area contributed by atoms with Gasteiger partial charge in [0.15, 0.2) is 11.5 Å². The molecule has 2 rings (SSSR count). The molecule has 0 aliphatic carbocycles. The van der Waals surface area contributed by atoms with Crippen LogP contribution < -0.4 is 5.32 Å². The second-order valence-electron chi connectivity index (χ2n) is 4.22. The van der Waals surface area contributed by atoms with E-state index in [1.807, 2.05) is 6.92 Å². The first-order chi connectivity index (χ1) is 7.18. The fraction of sp³-hybridized carbons (Fsp3) is 0.500. The highest BCUT2D eigenvalue weighted by atomic mass is 16.3. The van der Waals surface area contributed by atoms with Gasteiger partial charge >= 0.3 is 0 Å². The summed E-state index contributed by atoms with van der Waals surface area (Å²) in [4.78, 5) is 0. The lowest BCUT2D eigenvalue weighted by Gasteiger charge is -2.24. The zero-order valence-electron chi connectivity index (χ0n) is 8.95. The number of phenolic OH excluding ortho intramolecular Hbond substituents is 2. The molecule has 0 radical (unpaired) electrons. The van der Waals surface area contributed by atoms with Crippen molar-refractivity contribution in [2.75, 3.05) is 13.1 Å². The van der Waals surface area contributed by atoms with Crippen LogP contribution in [0.2, 0.25) is 0 Å². The highest BCUT2D eigenvalue weighted by Gasteiger charge is 2.18. The van der Waals surface area contributed by atoms with Crippen LogP contribution in [-0.4, -0.2) is 23.3 Å². The molecule has 1 heterocycles. The maximum absolute atomic E-state index is 9.49. The summed E-state index contributed by atoms with van der Waals surface area (Å²) in [6.07, 6.45) is 2.20. The second kappa shape index (κ2) is 4.11. The quantitative estimate of drug-likeness (QED) is 0.616. The number of hydrogen-bond acceptors (Lipinski definition) is 3. The minimum absolute atomic E-state index is 0.00543. The van der Waals surface area contributed by atoms with E-state index in [2.05, 4.69) is 5.32 Å². The van der Waals surface area contributed by atoms with Gasteiger partial charge in [0, 0.05) is 0 Å². The Labute approximate surface area is 89.8 Å². The van der Waals surface area contributed by atoms with Gasteiger partial charge in [0.1, 0.15) is 0 Å². The molecular formula is C12H17NO2. The molecule has 3 heteroatoms. The smallest absolute Gasteiger partial charge is 0.157 e. The zero-order chi connectivity index (χ0) is 10.8. The monoisotopic (exact) mass is 207 g/mol. The molecule has 1 aromatic carbocycles. The van der Waals surface area contributed by atoms with Gasteiger partial charge in [-0.15, -0.1) is 0 Å². The highest BCUT2D eigenvalue weighted by molar-refractivity contribution is 5.46. The summed E-state index contributed by atoms with van der Waals surface area (Å²) in [6, 6.07) is 3.35. The van der Waals surface area contributed by atoms with Crippen molar-refractivity contribution in [2.24, 2.45) is 0 Å². The van der Waals surface area contributed by atoms with Crippen molar-refractivity contribution < 1.29 is 10.2 Å². The third-order valence-electron chi connectivity index (χ3n) is 3.14. The van der Waals surface area contributed by atoms with Crippen LogP contribution in [0.3, 0.4) is 0 Å². The molecule has 1 aliphatic rings. The van der Waals surface area contributed by atoms with E-state index in [0.29, 0.717) is 5.92 Å². The number of phenols is 2. The minimum atomic E-state index is -0.0230. The largest absolute Gasteiger partial charge is 0.504 e. The van der Waals surface area contributed by atoms with E-state index >= 15 is 0 Å². The Bertz CT molecular complexity index is 357. The van der Waals surface area contributed by atoms with Gasteiger partial charge in [-0.3, -0.25) is 0 Å². The Morgan fingerprint density at radius 1 is 1.13 bits per heavy atom. The number of benzene rings is 1. The number of piperidine rings is 1. The van der Waals surface area contributed by atoms with Crippen molar-refractivity contribution in [1.29, 1.82) is 0 Å². The van der Waals surface area contributed by atoms with Gasteiger partial charge in [-0.2, -0.15) is 0 Å². The van der Waals surface area contributed by atoms with Crippen molar-refractivity contribution in [3.05, 3.63) is 23.3 Å². The summed E-state index contributed by atoms with van der Waals surface area (Å²) in [7, 11) is 0. The lowest BCUT2D eigenvalue weighted by Crippen LogP contribution is -2.26. The fourth-order valence-electron chi connectivity index (χ4n) is 2.27. The number of nitrogens with one attached hydrogen (secondary N) is 1. The molecule has 0 atom stereocenters. The first-order valence-corrected chi connectivity index (χ1v) is 5.41. The van der Waals surface area contributed by atoms with E-state index in [1.165, 1.54) is 5.56 Å². The molecule has 0 bridgehead atoms. The van der Waals surface area contributed by atoms with Crippen molar-refractivity contribution in [3.63, 3.8) is 0 Å². The molecule has 0 unspecified atom stereocenters. The van der Waals surface area contributed by atoms with Crippen LogP contribution in [0.15, 0.2) is 12.1 Å². The first-order valence-electron chi connectivity index (χ1n) is 5.41. The molecule has 1 fully saturated rings. The summed E-state index contributed by atoms with van der Waals surface area (Å²) < 4.78 is 0. The molecule has 3 nitrogen and oxygen atoms in total. The molecule has 3 N–H and O–H groups in total. The van der Waals surface area contributed by atoms with Gasteiger partial charge in [-0.25, -0.2) is 0 Å². The van der Waals surface area contributed by atoms with E-state index in [9.17, 15) is 10.2 Å². The van der Waals surface area contributed by atoms with Crippen molar-refractivity contribution in [3.8, 4) is 11.5 Å². The van der Waals surface area contributed by atoms with Crippen LogP contribution in [0.1, 0.15) is 29.9 Å². The minimum Gasteiger partial charge on any atom is -0.504 e. The Balaban J connectivity index is 2.30. The van der Waals surface area contributed by atoms with Gasteiger partial charge in [0.2, 0.25) is 0 Å². The van der Waals surface area contributed by atoms with Gasteiger partial charge in [-0.05, 0) is 62.0 Å². The van der Waals surface area contributed by atoms with Gasteiger partial charge in [0.05, 0.1) is 0 Å². The van der Waals surface area contributed by atoms with Crippen LogP contribution in [0.5, 0.6) is 11.5 Å². The normalized spacial score (nSPS) is 17.9. The molecular weight excluding hydrogens is 190 g/mol. The molecule has 0 aromatic heterocycles. The second-order valence-corrected chi connectivity index (χ2v) is 4.22. The maximum Gasteiger partial charge on any atom is 0.157 e. The first kappa shape index (κ1) is 10.3. The van der Waals surface area contributed by atoms with Crippen molar-refractivity contribution in [1.82, 2.24) is 5.32 Å². The van der Waals surface area contributed by atoms with E-state index in [-0.39, 0.29) is 11.5 Å².